The highest BCUT2D eigenvalue weighted by atomic mass is 19.3. The van der Waals surface area contributed by atoms with Gasteiger partial charge in [0.05, 0.1) is 11.1 Å². The average molecular weight is 233 g/mol. The van der Waals surface area contributed by atoms with Crippen molar-refractivity contribution in [2.45, 2.75) is 68.9 Å². The molecular weight excluding hydrogens is 212 g/mol. The average Bonchev–Trinajstić information content (AvgIpc) is 2.42. The zero-order valence-corrected chi connectivity index (χ0v) is 9.81. The molecule has 2 saturated carbocycles. The second-order valence-electron chi connectivity index (χ2n) is 5.92. The summed E-state index contributed by atoms with van der Waals surface area (Å²) >= 11 is 0. The van der Waals surface area contributed by atoms with Crippen LogP contribution in [0.5, 0.6) is 0 Å². The molecule has 0 radical (unpaired) electrons. The van der Waals surface area contributed by atoms with Crippen LogP contribution in [0.2, 0.25) is 0 Å². The second kappa shape index (κ2) is 3.64. The third kappa shape index (κ3) is 1.97. The zero-order valence-electron chi connectivity index (χ0n) is 9.81. The highest BCUT2D eigenvalue weighted by Crippen LogP contribution is 2.50. The van der Waals surface area contributed by atoms with E-state index in [4.69, 9.17) is 5.73 Å². The fourth-order valence-corrected chi connectivity index (χ4v) is 3.42. The number of rotatable bonds is 1. The van der Waals surface area contributed by atoms with Crippen LogP contribution in [0.25, 0.3) is 0 Å². The summed E-state index contributed by atoms with van der Waals surface area (Å²) in [6, 6.07) is 0. The highest BCUT2D eigenvalue weighted by molar-refractivity contribution is 5.11. The van der Waals surface area contributed by atoms with Crippen molar-refractivity contribution in [2.75, 3.05) is 0 Å². The van der Waals surface area contributed by atoms with E-state index >= 15 is 0 Å². The molecule has 3 atom stereocenters. The molecule has 0 heterocycles. The molecule has 16 heavy (non-hydrogen) atoms. The summed E-state index contributed by atoms with van der Waals surface area (Å²) in [4.78, 5) is 0. The van der Waals surface area contributed by atoms with Crippen molar-refractivity contribution in [3.8, 4) is 0 Å². The monoisotopic (exact) mass is 233 g/mol. The Hall–Kier alpha value is -0.220. The van der Waals surface area contributed by atoms with Gasteiger partial charge >= 0.3 is 0 Å². The molecule has 3 unspecified atom stereocenters. The molecule has 94 valence electrons. The van der Waals surface area contributed by atoms with Gasteiger partial charge in [-0.15, -0.1) is 0 Å². The second-order valence-corrected chi connectivity index (χ2v) is 5.92. The zero-order chi connectivity index (χ0) is 12.0. The van der Waals surface area contributed by atoms with E-state index in [1.165, 1.54) is 0 Å². The van der Waals surface area contributed by atoms with Crippen LogP contribution in [-0.4, -0.2) is 22.2 Å². The maximum Gasteiger partial charge on any atom is 0.250 e. The predicted octanol–water partition coefficient (Wildman–Crippen LogP) is 2.44. The maximum absolute atomic E-state index is 13.3. The Kier molecular flexibility index (Phi) is 2.78. The van der Waals surface area contributed by atoms with E-state index in [0.717, 1.165) is 12.8 Å². The molecule has 2 fully saturated rings. The van der Waals surface area contributed by atoms with Crippen LogP contribution in [0.15, 0.2) is 0 Å². The van der Waals surface area contributed by atoms with Gasteiger partial charge in [-0.25, -0.2) is 8.78 Å². The SMILES string of the molecule is CC1CCCC(O)(C2(N)CCC(F)(F)C2)C1. The summed E-state index contributed by atoms with van der Waals surface area (Å²) in [5.41, 5.74) is 3.92. The molecule has 2 rings (SSSR count). The lowest BCUT2D eigenvalue weighted by atomic mass is 9.67. The summed E-state index contributed by atoms with van der Waals surface area (Å²) in [7, 11) is 0. The van der Waals surface area contributed by atoms with E-state index < -0.39 is 17.1 Å². The van der Waals surface area contributed by atoms with E-state index in [0.29, 0.717) is 18.8 Å². The Morgan fingerprint density at radius 1 is 1.25 bits per heavy atom. The summed E-state index contributed by atoms with van der Waals surface area (Å²) < 4.78 is 26.5. The molecule has 2 aliphatic carbocycles. The van der Waals surface area contributed by atoms with Gasteiger partial charge in [0.15, 0.2) is 0 Å². The fourth-order valence-electron chi connectivity index (χ4n) is 3.42. The van der Waals surface area contributed by atoms with Gasteiger partial charge in [0.25, 0.3) is 0 Å². The Morgan fingerprint density at radius 2 is 1.94 bits per heavy atom. The van der Waals surface area contributed by atoms with Gasteiger partial charge in [0.2, 0.25) is 5.92 Å². The molecule has 0 aliphatic heterocycles. The third-order valence-corrected chi connectivity index (χ3v) is 4.41. The molecule has 0 aromatic heterocycles. The van der Waals surface area contributed by atoms with Crippen LogP contribution in [0.3, 0.4) is 0 Å². The van der Waals surface area contributed by atoms with Crippen molar-refractivity contribution in [2.24, 2.45) is 11.7 Å². The number of hydrogen-bond acceptors (Lipinski definition) is 2. The quantitative estimate of drug-likeness (QED) is 0.730. The molecule has 2 aliphatic rings. The maximum atomic E-state index is 13.3. The Balaban J connectivity index is 2.16. The minimum Gasteiger partial charge on any atom is -0.388 e. The Morgan fingerprint density at radius 3 is 2.44 bits per heavy atom. The number of hydrogen-bond donors (Lipinski definition) is 2. The van der Waals surface area contributed by atoms with Crippen LogP contribution in [0.4, 0.5) is 8.78 Å². The molecule has 0 aromatic carbocycles. The third-order valence-electron chi connectivity index (χ3n) is 4.41. The fraction of sp³-hybridized carbons (Fsp3) is 1.00. The minimum atomic E-state index is -2.69. The molecule has 2 nitrogen and oxygen atoms in total. The number of alkyl halides is 2. The number of halogens is 2. The lowest BCUT2D eigenvalue weighted by molar-refractivity contribution is -0.0896. The van der Waals surface area contributed by atoms with Gasteiger partial charge in [-0.2, -0.15) is 0 Å². The van der Waals surface area contributed by atoms with Crippen molar-refractivity contribution in [3.05, 3.63) is 0 Å². The van der Waals surface area contributed by atoms with E-state index in [1.54, 1.807) is 0 Å². The normalized spacial score (nSPS) is 48.2. The van der Waals surface area contributed by atoms with Crippen LogP contribution in [0, 0.1) is 5.92 Å². The molecule has 0 amide bonds. The highest BCUT2D eigenvalue weighted by Gasteiger charge is 2.58. The number of nitrogens with two attached hydrogens (primary N) is 1. The largest absolute Gasteiger partial charge is 0.388 e. The van der Waals surface area contributed by atoms with E-state index in [2.05, 4.69) is 6.92 Å². The summed E-state index contributed by atoms with van der Waals surface area (Å²) in [5.74, 6) is -2.31. The molecule has 0 saturated heterocycles. The van der Waals surface area contributed by atoms with Crippen molar-refractivity contribution < 1.29 is 13.9 Å². The molecule has 3 N–H and O–H groups in total. The summed E-state index contributed by atoms with van der Waals surface area (Å²) in [6.45, 7) is 2.06. The standard InChI is InChI=1S/C12H21F2NO/c1-9-3-2-4-11(16,7-9)10(15)5-6-12(13,14)8-10/h9,16H,2-8,15H2,1H3. The van der Waals surface area contributed by atoms with Crippen molar-refractivity contribution in [3.63, 3.8) is 0 Å². The van der Waals surface area contributed by atoms with Crippen LogP contribution < -0.4 is 5.73 Å². The summed E-state index contributed by atoms with van der Waals surface area (Å²) in [6.07, 6.45) is 2.80. The van der Waals surface area contributed by atoms with Crippen LogP contribution in [0.1, 0.15) is 51.9 Å². The number of aliphatic hydroxyl groups is 1. The lowest BCUT2D eigenvalue weighted by Crippen LogP contribution is -2.61. The Labute approximate surface area is 95.2 Å². The lowest BCUT2D eigenvalue weighted by Gasteiger charge is -2.46. The first-order valence-corrected chi connectivity index (χ1v) is 6.16. The molecule has 0 aromatic rings. The first-order chi connectivity index (χ1) is 7.27. The van der Waals surface area contributed by atoms with Crippen molar-refractivity contribution >= 4 is 0 Å². The van der Waals surface area contributed by atoms with Crippen LogP contribution in [-0.2, 0) is 0 Å². The van der Waals surface area contributed by atoms with Gasteiger partial charge in [0, 0.05) is 12.8 Å². The van der Waals surface area contributed by atoms with Gasteiger partial charge in [0.1, 0.15) is 0 Å². The molecule has 4 heteroatoms. The molecule has 0 spiro atoms. The first kappa shape index (κ1) is 12.2. The minimum absolute atomic E-state index is 0.180. The smallest absolute Gasteiger partial charge is 0.250 e. The van der Waals surface area contributed by atoms with Gasteiger partial charge in [-0.05, 0) is 25.2 Å². The van der Waals surface area contributed by atoms with E-state index in [-0.39, 0.29) is 19.3 Å². The predicted molar refractivity (Wildman–Crippen MR) is 58.3 cm³/mol. The molecule has 0 bridgehead atoms. The van der Waals surface area contributed by atoms with Gasteiger partial charge < -0.3 is 10.8 Å². The van der Waals surface area contributed by atoms with Crippen molar-refractivity contribution in [1.29, 1.82) is 0 Å². The molecular formula is C12H21F2NO. The van der Waals surface area contributed by atoms with Crippen LogP contribution >= 0.6 is 0 Å². The van der Waals surface area contributed by atoms with E-state index in [9.17, 15) is 13.9 Å². The topological polar surface area (TPSA) is 46.2 Å². The van der Waals surface area contributed by atoms with Gasteiger partial charge in [-0.1, -0.05) is 19.8 Å². The van der Waals surface area contributed by atoms with Gasteiger partial charge in [-0.3, -0.25) is 0 Å². The first-order valence-electron chi connectivity index (χ1n) is 6.16. The van der Waals surface area contributed by atoms with E-state index in [1.807, 2.05) is 0 Å². The Bertz CT molecular complexity index is 282. The summed E-state index contributed by atoms with van der Waals surface area (Å²) in [5, 5.41) is 10.6. The van der Waals surface area contributed by atoms with Crippen molar-refractivity contribution in [1.82, 2.24) is 0 Å².